The van der Waals surface area contributed by atoms with Crippen LogP contribution in [0.2, 0.25) is 0 Å². The molecule has 1 unspecified atom stereocenters. The molecule has 0 aromatic carbocycles. The number of aryl methyl sites for hydroxylation is 1. The normalized spacial score (nSPS) is 20.7. The lowest BCUT2D eigenvalue weighted by molar-refractivity contribution is 0.0446. The van der Waals surface area contributed by atoms with Gasteiger partial charge < -0.3 is 19.9 Å². The number of rotatable bonds is 3. The maximum atomic E-state index is 13.4. The number of hydrogen-bond acceptors (Lipinski definition) is 8. The quantitative estimate of drug-likeness (QED) is 0.716. The van der Waals surface area contributed by atoms with Crippen molar-refractivity contribution in [1.29, 1.82) is 0 Å². The minimum Gasteiger partial charge on any atom is -0.490 e. The van der Waals surface area contributed by atoms with Crippen LogP contribution in [0.15, 0.2) is 18.5 Å². The highest BCUT2D eigenvalue weighted by Crippen LogP contribution is 2.36. The average molecular weight is 481 g/mol. The van der Waals surface area contributed by atoms with Gasteiger partial charge in [0.1, 0.15) is 30.0 Å². The summed E-state index contributed by atoms with van der Waals surface area (Å²) in [5, 5.41) is 8.17. The lowest BCUT2D eigenvalue weighted by atomic mass is 10.0. The van der Waals surface area contributed by atoms with E-state index in [0.29, 0.717) is 37.7 Å². The molecule has 10 heteroatoms. The standard InChI is InChI=1S/C25H36N8O2/c1-16(2)33-23(27-17(3)29-33)20-15-31-11-12-35-21-14-26-19(13-18(21)22(31)28-20)24(34)30-7-9-32(10-8-30)25(4,5)6/h13-16,22,28H,7-12H2,1-6H3. The Morgan fingerprint density at radius 2 is 1.91 bits per heavy atom. The molecule has 2 aromatic rings. The van der Waals surface area contributed by atoms with Gasteiger partial charge in [0.25, 0.3) is 5.91 Å². The molecule has 188 valence electrons. The number of fused-ring (bicyclic) bond motifs is 3. The summed E-state index contributed by atoms with van der Waals surface area (Å²) in [5.74, 6) is 2.23. The molecule has 1 atom stereocenters. The van der Waals surface area contributed by atoms with Gasteiger partial charge in [-0.2, -0.15) is 5.10 Å². The average Bonchev–Trinajstić information content (AvgIpc) is 3.38. The van der Waals surface area contributed by atoms with Gasteiger partial charge in [0.05, 0.1) is 18.4 Å². The molecule has 2 aromatic heterocycles. The summed E-state index contributed by atoms with van der Waals surface area (Å²) in [4.78, 5) is 29.0. The summed E-state index contributed by atoms with van der Waals surface area (Å²) in [6.07, 6.45) is 3.62. The number of carbonyl (C=O) groups is 1. The predicted octanol–water partition coefficient (Wildman–Crippen LogP) is 2.41. The molecular formula is C25H36N8O2. The maximum absolute atomic E-state index is 13.4. The number of pyridine rings is 1. The Hall–Kier alpha value is -3.14. The van der Waals surface area contributed by atoms with E-state index in [4.69, 9.17) is 4.74 Å². The highest BCUT2D eigenvalue weighted by atomic mass is 16.5. The van der Waals surface area contributed by atoms with Crippen molar-refractivity contribution in [3.63, 3.8) is 0 Å². The van der Waals surface area contributed by atoms with Crippen molar-refractivity contribution in [1.82, 2.24) is 39.8 Å². The Morgan fingerprint density at radius 1 is 1.17 bits per heavy atom. The van der Waals surface area contributed by atoms with Crippen LogP contribution in [0, 0.1) is 6.92 Å². The topological polar surface area (TPSA) is 91.6 Å². The highest BCUT2D eigenvalue weighted by molar-refractivity contribution is 5.92. The molecule has 5 heterocycles. The second-order valence-corrected chi connectivity index (χ2v) is 10.8. The van der Waals surface area contributed by atoms with Gasteiger partial charge in [-0.25, -0.2) is 14.6 Å². The molecular weight excluding hydrogens is 444 g/mol. The zero-order valence-corrected chi connectivity index (χ0v) is 21.6. The van der Waals surface area contributed by atoms with Crippen LogP contribution in [0.25, 0.3) is 5.70 Å². The molecule has 0 aliphatic carbocycles. The molecule has 1 fully saturated rings. The fraction of sp³-hybridized carbons (Fsp3) is 0.600. The van der Waals surface area contributed by atoms with Gasteiger partial charge in [-0.05, 0) is 47.6 Å². The van der Waals surface area contributed by atoms with Crippen LogP contribution in [0.5, 0.6) is 5.75 Å². The van der Waals surface area contributed by atoms with E-state index >= 15 is 0 Å². The fourth-order valence-corrected chi connectivity index (χ4v) is 4.97. The molecule has 1 saturated heterocycles. The Labute approximate surface area is 207 Å². The first-order valence-corrected chi connectivity index (χ1v) is 12.5. The number of amides is 1. The predicted molar refractivity (Wildman–Crippen MR) is 133 cm³/mol. The van der Waals surface area contributed by atoms with E-state index in [1.54, 1.807) is 6.20 Å². The lowest BCUT2D eigenvalue weighted by Gasteiger charge is -2.42. The van der Waals surface area contributed by atoms with Crippen LogP contribution in [-0.4, -0.2) is 85.2 Å². The van der Waals surface area contributed by atoms with Crippen LogP contribution in [-0.2, 0) is 0 Å². The molecule has 1 N–H and O–H groups in total. The largest absolute Gasteiger partial charge is 0.490 e. The number of nitrogens with zero attached hydrogens (tertiary/aromatic N) is 7. The van der Waals surface area contributed by atoms with E-state index in [1.165, 1.54) is 0 Å². The Kier molecular flexibility index (Phi) is 5.94. The second kappa shape index (κ2) is 8.82. The Bertz CT molecular complexity index is 1140. The second-order valence-electron chi connectivity index (χ2n) is 10.8. The number of carbonyl (C=O) groups excluding carboxylic acids is 1. The molecule has 3 aliphatic heterocycles. The number of hydrogen-bond donors (Lipinski definition) is 1. The van der Waals surface area contributed by atoms with Crippen LogP contribution in [0.3, 0.4) is 0 Å². The van der Waals surface area contributed by atoms with E-state index in [9.17, 15) is 4.79 Å². The van der Waals surface area contributed by atoms with Gasteiger partial charge in [0, 0.05) is 49.5 Å². The summed E-state index contributed by atoms with van der Waals surface area (Å²) >= 11 is 0. The van der Waals surface area contributed by atoms with Gasteiger partial charge in [-0.1, -0.05) is 0 Å². The van der Waals surface area contributed by atoms with E-state index in [-0.39, 0.29) is 23.7 Å². The first-order chi connectivity index (χ1) is 16.6. The first-order valence-electron chi connectivity index (χ1n) is 12.5. The molecule has 10 nitrogen and oxygen atoms in total. The van der Waals surface area contributed by atoms with Crippen molar-refractivity contribution < 1.29 is 9.53 Å². The fourth-order valence-electron chi connectivity index (χ4n) is 4.97. The number of ether oxygens (including phenoxy) is 1. The molecule has 5 rings (SSSR count). The van der Waals surface area contributed by atoms with Crippen LogP contribution in [0.1, 0.15) is 74.5 Å². The zero-order chi connectivity index (χ0) is 24.9. The number of aromatic nitrogens is 4. The third kappa shape index (κ3) is 4.47. The lowest BCUT2D eigenvalue weighted by Crippen LogP contribution is -2.54. The van der Waals surface area contributed by atoms with Gasteiger partial charge >= 0.3 is 0 Å². The van der Waals surface area contributed by atoms with E-state index < -0.39 is 0 Å². The van der Waals surface area contributed by atoms with E-state index in [1.807, 2.05) is 22.6 Å². The zero-order valence-electron chi connectivity index (χ0n) is 21.6. The third-order valence-corrected chi connectivity index (χ3v) is 6.92. The molecule has 0 spiro atoms. The van der Waals surface area contributed by atoms with Crippen LogP contribution >= 0.6 is 0 Å². The molecule has 1 amide bonds. The summed E-state index contributed by atoms with van der Waals surface area (Å²) in [5.41, 5.74) is 2.39. The highest BCUT2D eigenvalue weighted by Gasteiger charge is 2.34. The summed E-state index contributed by atoms with van der Waals surface area (Å²) < 4.78 is 7.93. The summed E-state index contributed by atoms with van der Waals surface area (Å²) in [6, 6.07) is 2.08. The summed E-state index contributed by atoms with van der Waals surface area (Å²) in [7, 11) is 0. The van der Waals surface area contributed by atoms with Crippen molar-refractivity contribution in [2.75, 3.05) is 39.3 Å². The van der Waals surface area contributed by atoms with Gasteiger partial charge in [-0.3, -0.25) is 9.69 Å². The van der Waals surface area contributed by atoms with Crippen molar-refractivity contribution in [3.05, 3.63) is 41.4 Å². The minimum absolute atomic E-state index is 0.0292. The summed E-state index contributed by atoms with van der Waals surface area (Å²) in [6.45, 7) is 17.1. The van der Waals surface area contributed by atoms with Crippen molar-refractivity contribution in [2.45, 2.75) is 59.3 Å². The minimum atomic E-state index is -0.160. The first kappa shape index (κ1) is 23.6. The Morgan fingerprint density at radius 3 is 2.60 bits per heavy atom. The van der Waals surface area contributed by atoms with Crippen molar-refractivity contribution >= 4 is 11.6 Å². The molecule has 0 saturated carbocycles. The van der Waals surface area contributed by atoms with Crippen LogP contribution < -0.4 is 10.1 Å². The molecule has 3 aliphatic rings. The number of piperazine rings is 1. The molecule has 0 radical (unpaired) electrons. The smallest absolute Gasteiger partial charge is 0.272 e. The Balaban J connectivity index is 1.38. The SMILES string of the molecule is Cc1nc(C2=CN3CCOc4cnc(C(=O)N5CCN(C(C)(C)C)CC5)cc4C3N2)n(C(C)C)n1. The van der Waals surface area contributed by atoms with E-state index in [2.05, 4.69) is 71.0 Å². The van der Waals surface area contributed by atoms with E-state index in [0.717, 1.165) is 36.0 Å². The van der Waals surface area contributed by atoms with Crippen molar-refractivity contribution in [3.8, 4) is 5.75 Å². The monoisotopic (exact) mass is 480 g/mol. The third-order valence-electron chi connectivity index (χ3n) is 6.92. The van der Waals surface area contributed by atoms with Gasteiger partial charge in [0.15, 0.2) is 5.82 Å². The van der Waals surface area contributed by atoms with Gasteiger partial charge in [0.2, 0.25) is 0 Å². The van der Waals surface area contributed by atoms with Crippen LogP contribution in [0.4, 0.5) is 0 Å². The number of nitrogens with one attached hydrogen (secondary N) is 1. The maximum Gasteiger partial charge on any atom is 0.272 e. The molecule has 35 heavy (non-hydrogen) atoms. The molecule has 0 bridgehead atoms. The van der Waals surface area contributed by atoms with Crippen molar-refractivity contribution in [2.24, 2.45) is 0 Å². The van der Waals surface area contributed by atoms with Gasteiger partial charge in [-0.15, -0.1) is 0 Å².